The third-order valence-corrected chi connectivity index (χ3v) is 5.84. The Morgan fingerprint density at radius 2 is 0.800 bits per heavy atom. The summed E-state index contributed by atoms with van der Waals surface area (Å²) in [5.74, 6) is 0. The molecule has 2 atom stereocenters. The molecule has 0 saturated heterocycles. The predicted molar refractivity (Wildman–Crippen MR) is 156 cm³/mol. The molecule has 10 heteroatoms. The summed E-state index contributed by atoms with van der Waals surface area (Å²) in [7, 11) is 0. The Morgan fingerprint density at radius 3 is 1.27 bits per heavy atom. The van der Waals surface area contributed by atoms with Crippen LogP contribution in [0, 0.1) is 0 Å². The lowest BCUT2D eigenvalue weighted by Crippen LogP contribution is -2.24. The summed E-state index contributed by atoms with van der Waals surface area (Å²) < 4.78 is 49.7. The maximum absolute atomic E-state index is 8.58. The van der Waals surface area contributed by atoms with Gasteiger partial charge in [-0.2, -0.15) is 0 Å². The first-order valence-electron chi connectivity index (χ1n) is 15.6. The zero-order valence-electron chi connectivity index (χ0n) is 26.0. The van der Waals surface area contributed by atoms with Gasteiger partial charge >= 0.3 is 0 Å². The molecule has 0 bridgehead atoms. The number of hydrogen-bond acceptors (Lipinski definition) is 10. The van der Waals surface area contributed by atoms with Crippen molar-refractivity contribution in [1.29, 1.82) is 0 Å². The number of unbranched alkanes of at least 4 members (excludes halogenated alkanes) is 7. The minimum atomic E-state index is 0.0145. The van der Waals surface area contributed by atoms with E-state index in [0.29, 0.717) is 99.1 Å². The maximum Gasteiger partial charge on any atom is 0.0781 e. The molecule has 0 aromatic rings. The van der Waals surface area contributed by atoms with Gasteiger partial charge < -0.3 is 47.7 Å². The van der Waals surface area contributed by atoms with Crippen LogP contribution in [0.3, 0.4) is 0 Å². The van der Waals surface area contributed by atoms with Crippen molar-refractivity contribution >= 4 is 0 Å². The molecule has 0 rings (SSSR count). The van der Waals surface area contributed by atoms with E-state index in [-0.39, 0.29) is 18.8 Å². The van der Waals surface area contributed by atoms with Gasteiger partial charge in [0.15, 0.2) is 0 Å². The van der Waals surface area contributed by atoms with Crippen molar-refractivity contribution in [2.75, 3.05) is 112 Å². The highest BCUT2D eigenvalue weighted by Gasteiger charge is 2.07. The topological polar surface area (TPSA) is 103 Å². The van der Waals surface area contributed by atoms with Crippen LogP contribution in [0.1, 0.15) is 72.1 Å². The van der Waals surface area contributed by atoms with Gasteiger partial charge in [-0.05, 0) is 20.3 Å². The van der Waals surface area contributed by atoms with Gasteiger partial charge in [0.1, 0.15) is 0 Å². The molecule has 0 aliphatic rings. The van der Waals surface area contributed by atoms with E-state index < -0.39 is 0 Å². The van der Waals surface area contributed by atoms with Crippen LogP contribution in [0.25, 0.3) is 0 Å². The van der Waals surface area contributed by atoms with E-state index in [1.165, 1.54) is 44.9 Å². The molecule has 0 aromatic carbocycles. The molecule has 0 fully saturated rings. The standard InChI is InChI=1S/C30H62O10/c1-4-5-6-7-8-9-10-11-13-38-27-29(2)40-28-30(3)39-26-25-37-24-23-36-22-21-35-20-19-34-18-17-33-16-15-32-14-12-31/h29-31H,4-28H2,1-3H3. The molecule has 1 N–H and O–H groups in total. The van der Waals surface area contributed by atoms with Crippen LogP contribution in [0.2, 0.25) is 0 Å². The number of ether oxygens (including phenoxy) is 9. The van der Waals surface area contributed by atoms with Gasteiger partial charge in [-0.1, -0.05) is 51.9 Å². The second-order valence-electron chi connectivity index (χ2n) is 9.77. The fourth-order valence-electron chi connectivity index (χ4n) is 3.56. The number of aliphatic hydroxyl groups is 1. The van der Waals surface area contributed by atoms with Gasteiger partial charge in [0, 0.05) is 6.61 Å². The van der Waals surface area contributed by atoms with Gasteiger partial charge in [0.05, 0.1) is 118 Å². The largest absolute Gasteiger partial charge is 0.394 e. The first-order chi connectivity index (χ1) is 19.7. The fourth-order valence-corrected chi connectivity index (χ4v) is 3.56. The minimum Gasteiger partial charge on any atom is -0.394 e. The van der Waals surface area contributed by atoms with E-state index in [9.17, 15) is 0 Å². The van der Waals surface area contributed by atoms with Gasteiger partial charge in [-0.3, -0.25) is 0 Å². The second-order valence-corrected chi connectivity index (χ2v) is 9.77. The molecule has 0 amide bonds. The van der Waals surface area contributed by atoms with Crippen LogP contribution >= 0.6 is 0 Å². The lowest BCUT2D eigenvalue weighted by molar-refractivity contribution is -0.0689. The quantitative estimate of drug-likeness (QED) is 0.110. The highest BCUT2D eigenvalue weighted by atomic mass is 16.6. The van der Waals surface area contributed by atoms with Crippen LogP contribution in [0.4, 0.5) is 0 Å². The monoisotopic (exact) mass is 582 g/mol. The smallest absolute Gasteiger partial charge is 0.0781 e. The number of rotatable bonds is 35. The summed E-state index contributed by atoms with van der Waals surface area (Å²) in [5, 5.41) is 8.58. The van der Waals surface area contributed by atoms with E-state index in [0.717, 1.165) is 13.0 Å². The molecule has 0 aliphatic carbocycles. The van der Waals surface area contributed by atoms with Crippen LogP contribution in [0.15, 0.2) is 0 Å². The van der Waals surface area contributed by atoms with Crippen molar-refractivity contribution in [2.45, 2.75) is 84.3 Å². The highest BCUT2D eigenvalue weighted by Crippen LogP contribution is 2.08. The molecule has 0 aromatic heterocycles. The van der Waals surface area contributed by atoms with Crippen molar-refractivity contribution in [3.8, 4) is 0 Å². The molecular formula is C30H62O10. The Bertz CT molecular complexity index is 458. The van der Waals surface area contributed by atoms with Crippen molar-refractivity contribution < 1.29 is 47.7 Å². The average Bonchev–Trinajstić information content (AvgIpc) is 2.96. The predicted octanol–water partition coefficient (Wildman–Crippen LogP) is 4.05. The van der Waals surface area contributed by atoms with E-state index in [4.69, 9.17) is 47.7 Å². The SMILES string of the molecule is CCCCCCCCCCOCC(C)OCC(C)OCCOCCOCCOCCOCCOCCOCCO. The molecule has 40 heavy (non-hydrogen) atoms. The molecule has 0 heterocycles. The Morgan fingerprint density at radius 1 is 0.400 bits per heavy atom. The van der Waals surface area contributed by atoms with Gasteiger partial charge in [-0.15, -0.1) is 0 Å². The Hall–Kier alpha value is -0.400. The lowest BCUT2D eigenvalue weighted by Gasteiger charge is -2.18. The maximum atomic E-state index is 8.58. The van der Waals surface area contributed by atoms with Crippen LogP contribution in [-0.2, 0) is 42.6 Å². The summed E-state index contributed by atoms with van der Waals surface area (Å²) >= 11 is 0. The van der Waals surface area contributed by atoms with E-state index in [2.05, 4.69) is 6.92 Å². The Kier molecular flexibility index (Phi) is 34.5. The summed E-state index contributed by atoms with van der Waals surface area (Å²) in [6.07, 6.45) is 10.6. The molecule has 242 valence electrons. The van der Waals surface area contributed by atoms with Crippen molar-refractivity contribution in [2.24, 2.45) is 0 Å². The number of aliphatic hydroxyl groups excluding tert-OH is 1. The van der Waals surface area contributed by atoms with Gasteiger partial charge in [-0.25, -0.2) is 0 Å². The molecule has 0 saturated carbocycles. The number of hydrogen-bond donors (Lipinski definition) is 1. The van der Waals surface area contributed by atoms with Crippen molar-refractivity contribution in [3.63, 3.8) is 0 Å². The second kappa shape index (κ2) is 34.8. The summed E-state index contributed by atoms with van der Waals surface area (Å²) in [6.45, 7) is 14.9. The van der Waals surface area contributed by atoms with Gasteiger partial charge in [0.2, 0.25) is 0 Å². The molecule has 10 nitrogen and oxygen atoms in total. The van der Waals surface area contributed by atoms with Crippen molar-refractivity contribution in [1.82, 2.24) is 0 Å². The van der Waals surface area contributed by atoms with E-state index in [1.54, 1.807) is 0 Å². The Balaban J connectivity index is 3.23. The minimum absolute atomic E-state index is 0.0145. The van der Waals surface area contributed by atoms with Crippen LogP contribution in [0.5, 0.6) is 0 Å². The first-order valence-corrected chi connectivity index (χ1v) is 15.6. The van der Waals surface area contributed by atoms with Gasteiger partial charge in [0.25, 0.3) is 0 Å². The molecule has 2 unspecified atom stereocenters. The highest BCUT2D eigenvalue weighted by molar-refractivity contribution is 4.53. The van der Waals surface area contributed by atoms with Crippen LogP contribution in [-0.4, -0.2) is 130 Å². The summed E-state index contributed by atoms with van der Waals surface area (Å²) in [6, 6.07) is 0. The van der Waals surface area contributed by atoms with E-state index in [1.807, 2.05) is 13.8 Å². The third kappa shape index (κ3) is 33.8. The summed E-state index contributed by atoms with van der Waals surface area (Å²) in [4.78, 5) is 0. The van der Waals surface area contributed by atoms with Crippen molar-refractivity contribution in [3.05, 3.63) is 0 Å². The first kappa shape index (κ1) is 39.6. The fraction of sp³-hybridized carbons (Fsp3) is 1.00. The molecular weight excluding hydrogens is 520 g/mol. The zero-order valence-corrected chi connectivity index (χ0v) is 26.0. The van der Waals surface area contributed by atoms with Crippen LogP contribution < -0.4 is 0 Å². The third-order valence-electron chi connectivity index (χ3n) is 5.84. The molecule has 0 spiro atoms. The summed E-state index contributed by atoms with van der Waals surface area (Å²) in [5.41, 5.74) is 0. The normalized spacial score (nSPS) is 13.2. The lowest BCUT2D eigenvalue weighted by atomic mass is 10.1. The molecule has 0 aliphatic heterocycles. The Labute approximate surface area is 244 Å². The molecule has 0 radical (unpaired) electrons. The average molecular weight is 583 g/mol. The van der Waals surface area contributed by atoms with E-state index >= 15 is 0 Å². The zero-order chi connectivity index (χ0) is 29.2.